The van der Waals surface area contributed by atoms with E-state index in [1.54, 1.807) is 0 Å². The molecule has 9 N–H and O–H groups in total. The Morgan fingerprint density at radius 1 is 0.848 bits per heavy atom. The molecule has 3 amide bonds. The van der Waals surface area contributed by atoms with Crippen molar-refractivity contribution in [2.45, 2.75) is 76.5 Å². The van der Waals surface area contributed by atoms with Crippen molar-refractivity contribution in [3.63, 3.8) is 0 Å². The fraction of sp³-hybridized carbons (Fsp3) is 0.750. The molecule has 0 saturated carbocycles. The van der Waals surface area contributed by atoms with Crippen LogP contribution in [-0.2, 0) is 24.0 Å². The topological polar surface area (TPSA) is 214 Å². The van der Waals surface area contributed by atoms with E-state index in [1.807, 2.05) is 13.8 Å². The quantitative estimate of drug-likeness (QED) is 0.0906. The van der Waals surface area contributed by atoms with Gasteiger partial charge in [0.25, 0.3) is 0 Å². The summed E-state index contributed by atoms with van der Waals surface area (Å²) in [5.74, 6) is -4.69. The number of aliphatic carboxylic acids is 2. The van der Waals surface area contributed by atoms with Crippen LogP contribution in [0.25, 0.3) is 0 Å². The zero-order chi connectivity index (χ0) is 25.6. The average molecular weight is 492 g/mol. The molecule has 33 heavy (non-hydrogen) atoms. The molecule has 190 valence electrons. The van der Waals surface area contributed by atoms with E-state index >= 15 is 0 Å². The van der Waals surface area contributed by atoms with Gasteiger partial charge in [-0.3, -0.25) is 19.2 Å². The Balaban J connectivity index is 5.17. The number of hydrogen-bond acceptors (Lipinski definition) is 8. The van der Waals surface area contributed by atoms with Gasteiger partial charge in [0.05, 0.1) is 6.04 Å². The maximum atomic E-state index is 12.8. The SMILES string of the molecule is CC(C)CC(NC(=O)C(N)CCCCN)C(=O)NC(CS)C(=O)NC(CCC(=O)O)C(=O)O. The minimum absolute atomic E-state index is 0.0326. The summed E-state index contributed by atoms with van der Waals surface area (Å²) in [4.78, 5) is 59.7. The van der Waals surface area contributed by atoms with E-state index in [-0.39, 0.29) is 24.5 Å². The standard InChI is InChI=1S/C20H37N5O7S/c1-11(2)9-14(24-17(28)12(22)5-3-4-8-21)18(29)25-15(10-33)19(30)23-13(20(31)32)6-7-16(26)27/h11-15,33H,3-10,21-22H2,1-2H3,(H,23,30)(H,24,28)(H,25,29)(H,26,27)(H,31,32). The second-order valence-electron chi connectivity index (χ2n) is 8.16. The van der Waals surface area contributed by atoms with E-state index in [0.29, 0.717) is 19.4 Å². The third kappa shape index (κ3) is 13.0. The van der Waals surface area contributed by atoms with Gasteiger partial charge < -0.3 is 37.6 Å². The van der Waals surface area contributed by atoms with E-state index in [9.17, 15) is 29.1 Å². The largest absolute Gasteiger partial charge is 0.481 e. The van der Waals surface area contributed by atoms with Crippen LogP contribution in [0.4, 0.5) is 0 Å². The lowest BCUT2D eigenvalue weighted by Gasteiger charge is -2.25. The van der Waals surface area contributed by atoms with E-state index in [0.717, 1.165) is 6.42 Å². The van der Waals surface area contributed by atoms with Crippen LogP contribution in [0.5, 0.6) is 0 Å². The molecule has 0 rings (SSSR count). The fourth-order valence-corrected chi connectivity index (χ4v) is 3.14. The molecule has 0 aromatic carbocycles. The molecule has 4 unspecified atom stereocenters. The summed E-state index contributed by atoms with van der Waals surface area (Å²) in [6, 6.07) is -4.41. The third-order valence-corrected chi connectivity index (χ3v) is 5.09. The molecule has 12 nitrogen and oxygen atoms in total. The first-order valence-electron chi connectivity index (χ1n) is 10.8. The second-order valence-corrected chi connectivity index (χ2v) is 8.52. The van der Waals surface area contributed by atoms with Crippen molar-refractivity contribution in [2.75, 3.05) is 12.3 Å². The highest BCUT2D eigenvalue weighted by molar-refractivity contribution is 7.80. The number of amides is 3. The Kier molecular flexibility index (Phi) is 15.1. The highest BCUT2D eigenvalue weighted by atomic mass is 32.1. The van der Waals surface area contributed by atoms with Gasteiger partial charge >= 0.3 is 11.9 Å². The van der Waals surface area contributed by atoms with Gasteiger partial charge in [-0.1, -0.05) is 20.3 Å². The summed E-state index contributed by atoms with van der Waals surface area (Å²) >= 11 is 4.04. The molecular weight excluding hydrogens is 454 g/mol. The molecule has 0 fully saturated rings. The smallest absolute Gasteiger partial charge is 0.326 e. The number of thiol groups is 1. The summed E-state index contributed by atoms with van der Waals surface area (Å²) in [6.07, 6.45) is 1.30. The normalized spacial score (nSPS) is 14.6. The first-order valence-corrected chi connectivity index (χ1v) is 11.5. The van der Waals surface area contributed by atoms with Gasteiger partial charge in [0.15, 0.2) is 0 Å². The first kappa shape index (κ1) is 30.6. The molecule has 0 aromatic rings. The van der Waals surface area contributed by atoms with Gasteiger partial charge in [0.1, 0.15) is 18.1 Å². The lowest BCUT2D eigenvalue weighted by atomic mass is 10.0. The maximum Gasteiger partial charge on any atom is 0.326 e. The van der Waals surface area contributed by atoms with Crippen molar-refractivity contribution in [1.29, 1.82) is 0 Å². The summed E-state index contributed by atoms with van der Waals surface area (Å²) in [5.41, 5.74) is 11.3. The van der Waals surface area contributed by atoms with Crippen LogP contribution in [0.15, 0.2) is 0 Å². The fourth-order valence-electron chi connectivity index (χ4n) is 2.89. The summed E-state index contributed by atoms with van der Waals surface area (Å²) < 4.78 is 0. The minimum atomic E-state index is -1.44. The number of carbonyl (C=O) groups excluding carboxylic acids is 3. The zero-order valence-electron chi connectivity index (χ0n) is 19.1. The molecule has 0 aliphatic rings. The Bertz CT molecular complexity index is 677. The maximum absolute atomic E-state index is 12.8. The molecule has 0 radical (unpaired) electrons. The number of carboxylic acid groups (broad SMARTS) is 2. The predicted molar refractivity (Wildman–Crippen MR) is 124 cm³/mol. The van der Waals surface area contributed by atoms with Gasteiger partial charge in [-0.2, -0.15) is 12.6 Å². The highest BCUT2D eigenvalue weighted by Crippen LogP contribution is 2.08. The summed E-state index contributed by atoms with van der Waals surface area (Å²) in [6.45, 7) is 4.20. The average Bonchev–Trinajstić information content (AvgIpc) is 2.73. The third-order valence-electron chi connectivity index (χ3n) is 4.72. The Morgan fingerprint density at radius 3 is 1.88 bits per heavy atom. The van der Waals surface area contributed by atoms with Crippen LogP contribution < -0.4 is 27.4 Å². The van der Waals surface area contributed by atoms with Crippen molar-refractivity contribution >= 4 is 42.3 Å². The van der Waals surface area contributed by atoms with Gasteiger partial charge in [-0.15, -0.1) is 0 Å². The van der Waals surface area contributed by atoms with Gasteiger partial charge in [-0.05, 0) is 38.1 Å². The monoisotopic (exact) mass is 491 g/mol. The van der Waals surface area contributed by atoms with Crippen molar-refractivity contribution in [3.8, 4) is 0 Å². The van der Waals surface area contributed by atoms with Crippen molar-refractivity contribution in [1.82, 2.24) is 16.0 Å². The van der Waals surface area contributed by atoms with E-state index in [2.05, 4.69) is 28.6 Å². The Hall–Kier alpha value is -2.38. The Morgan fingerprint density at radius 2 is 1.39 bits per heavy atom. The van der Waals surface area contributed by atoms with Crippen LogP contribution in [0.3, 0.4) is 0 Å². The molecule has 0 saturated heterocycles. The van der Waals surface area contributed by atoms with Crippen LogP contribution in [-0.4, -0.2) is 76.3 Å². The highest BCUT2D eigenvalue weighted by Gasteiger charge is 2.30. The number of nitrogens with two attached hydrogens (primary N) is 2. The molecule has 13 heteroatoms. The minimum Gasteiger partial charge on any atom is -0.481 e. The lowest BCUT2D eigenvalue weighted by Crippen LogP contribution is -2.57. The van der Waals surface area contributed by atoms with Gasteiger partial charge in [0, 0.05) is 12.2 Å². The molecule has 0 aliphatic carbocycles. The number of nitrogens with one attached hydrogen (secondary N) is 3. The summed E-state index contributed by atoms with van der Waals surface area (Å²) in [5, 5.41) is 25.2. The van der Waals surface area contributed by atoms with Crippen molar-refractivity contribution in [3.05, 3.63) is 0 Å². The number of hydrogen-bond donors (Lipinski definition) is 8. The van der Waals surface area contributed by atoms with Crippen LogP contribution >= 0.6 is 12.6 Å². The summed E-state index contributed by atoms with van der Waals surface area (Å²) in [7, 11) is 0. The van der Waals surface area contributed by atoms with Gasteiger partial charge in [0.2, 0.25) is 17.7 Å². The molecule has 0 aliphatic heterocycles. The second kappa shape index (κ2) is 16.3. The predicted octanol–water partition coefficient (Wildman–Crippen LogP) is -1.18. The van der Waals surface area contributed by atoms with Crippen molar-refractivity contribution < 1.29 is 34.2 Å². The Labute approximate surface area is 199 Å². The van der Waals surface area contributed by atoms with E-state index in [4.69, 9.17) is 16.6 Å². The molecular formula is C20H37N5O7S. The number of carboxylic acids is 2. The van der Waals surface area contributed by atoms with Gasteiger partial charge in [-0.25, -0.2) is 4.79 Å². The first-order chi connectivity index (χ1) is 15.4. The van der Waals surface area contributed by atoms with Crippen LogP contribution in [0.1, 0.15) is 52.4 Å². The molecule has 0 heterocycles. The number of rotatable bonds is 17. The van der Waals surface area contributed by atoms with E-state index < -0.39 is 60.2 Å². The molecule has 0 aromatic heterocycles. The van der Waals surface area contributed by atoms with E-state index in [1.165, 1.54) is 0 Å². The number of carbonyl (C=O) groups is 5. The molecule has 0 bridgehead atoms. The molecule has 4 atom stereocenters. The zero-order valence-corrected chi connectivity index (χ0v) is 20.0. The van der Waals surface area contributed by atoms with Crippen LogP contribution in [0, 0.1) is 5.92 Å². The molecule has 0 spiro atoms. The van der Waals surface area contributed by atoms with Crippen molar-refractivity contribution in [2.24, 2.45) is 17.4 Å². The number of unbranched alkanes of at least 4 members (excludes halogenated alkanes) is 1. The lowest BCUT2D eigenvalue weighted by molar-refractivity contribution is -0.143. The van der Waals surface area contributed by atoms with Crippen LogP contribution in [0.2, 0.25) is 0 Å².